The molecule has 0 radical (unpaired) electrons. The molecule has 0 bridgehead atoms. The van der Waals surface area contributed by atoms with E-state index in [1.54, 1.807) is 0 Å². The number of anilines is 1. The molecule has 18 heavy (non-hydrogen) atoms. The smallest absolute Gasteiger partial charge is 0.0995 e. The Morgan fingerprint density at radius 1 is 1.06 bits per heavy atom. The lowest BCUT2D eigenvalue weighted by atomic mass is 10.2. The monoisotopic (exact) mass is 242 g/mol. The topological polar surface area (TPSA) is 33.1 Å². The summed E-state index contributed by atoms with van der Waals surface area (Å²) in [6.07, 6.45) is 3.90. The van der Waals surface area contributed by atoms with E-state index in [4.69, 9.17) is 0 Å². The van der Waals surface area contributed by atoms with E-state index in [0.29, 0.717) is 0 Å². The second kappa shape index (κ2) is 4.82. The van der Waals surface area contributed by atoms with Crippen LogP contribution in [0.3, 0.4) is 0 Å². The van der Waals surface area contributed by atoms with Gasteiger partial charge in [0.2, 0.25) is 0 Å². The van der Waals surface area contributed by atoms with Crippen molar-refractivity contribution < 1.29 is 0 Å². The molecular weight excluding hydrogens is 224 g/mol. The number of imidazole rings is 1. The van der Waals surface area contributed by atoms with Crippen molar-refractivity contribution in [2.75, 3.05) is 31.1 Å². The van der Waals surface area contributed by atoms with Crippen LogP contribution in [0.2, 0.25) is 0 Å². The van der Waals surface area contributed by atoms with Gasteiger partial charge in [0.05, 0.1) is 12.0 Å². The number of hydrogen-bond donors (Lipinski definition) is 1. The number of aromatic nitrogens is 2. The molecule has 1 aliphatic rings. The summed E-state index contributed by atoms with van der Waals surface area (Å²) in [5.74, 6) is 0. The van der Waals surface area contributed by atoms with E-state index >= 15 is 0 Å². The maximum absolute atomic E-state index is 4.25. The lowest BCUT2D eigenvalue weighted by molar-refractivity contribution is 0.589. The van der Waals surface area contributed by atoms with Crippen LogP contribution in [0.5, 0.6) is 0 Å². The standard InChI is InChI=1S/C14H18N4/c1-12-10-18(11-16-12)14-4-2-13(3-5-14)17-8-6-15-7-9-17/h2-5,10-11,15H,6-9H2,1H3. The number of nitrogens with zero attached hydrogens (tertiary/aromatic N) is 3. The lowest BCUT2D eigenvalue weighted by Crippen LogP contribution is -2.43. The van der Waals surface area contributed by atoms with Crippen molar-refractivity contribution in [1.82, 2.24) is 14.9 Å². The Kier molecular flexibility index (Phi) is 3.02. The SMILES string of the molecule is Cc1cn(-c2ccc(N3CCNCC3)cc2)cn1. The summed E-state index contributed by atoms with van der Waals surface area (Å²) in [7, 11) is 0. The third kappa shape index (κ3) is 2.24. The highest BCUT2D eigenvalue weighted by Gasteiger charge is 2.10. The summed E-state index contributed by atoms with van der Waals surface area (Å²) in [5.41, 5.74) is 3.51. The molecule has 4 heteroatoms. The number of rotatable bonds is 2. The molecule has 1 aliphatic heterocycles. The van der Waals surface area contributed by atoms with Gasteiger partial charge in [0, 0.05) is 43.8 Å². The molecule has 3 rings (SSSR count). The zero-order chi connectivity index (χ0) is 12.4. The minimum Gasteiger partial charge on any atom is -0.369 e. The highest BCUT2D eigenvalue weighted by Crippen LogP contribution is 2.18. The lowest BCUT2D eigenvalue weighted by Gasteiger charge is -2.29. The summed E-state index contributed by atoms with van der Waals surface area (Å²) in [6, 6.07) is 8.68. The van der Waals surface area contributed by atoms with Crippen molar-refractivity contribution >= 4 is 5.69 Å². The maximum Gasteiger partial charge on any atom is 0.0995 e. The van der Waals surface area contributed by atoms with Gasteiger partial charge in [0.1, 0.15) is 0 Å². The van der Waals surface area contributed by atoms with Gasteiger partial charge >= 0.3 is 0 Å². The van der Waals surface area contributed by atoms with E-state index in [0.717, 1.165) is 37.6 Å². The summed E-state index contributed by atoms with van der Waals surface area (Å²) >= 11 is 0. The minimum absolute atomic E-state index is 1.04. The van der Waals surface area contributed by atoms with E-state index in [9.17, 15) is 0 Å². The molecule has 0 saturated carbocycles. The molecule has 0 aliphatic carbocycles. The molecule has 94 valence electrons. The molecule has 1 aromatic carbocycles. The minimum atomic E-state index is 1.04. The summed E-state index contributed by atoms with van der Waals surface area (Å²) in [4.78, 5) is 6.67. The fraction of sp³-hybridized carbons (Fsp3) is 0.357. The van der Waals surface area contributed by atoms with Crippen molar-refractivity contribution in [2.45, 2.75) is 6.92 Å². The van der Waals surface area contributed by atoms with Gasteiger partial charge in [0.25, 0.3) is 0 Å². The molecule has 0 atom stereocenters. The molecule has 0 unspecified atom stereocenters. The van der Waals surface area contributed by atoms with Gasteiger partial charge in [-0.05, 0) is 31.2 Å². The highest BCUT2D eigenvalue weighted by atomic mass is 15.2. The zero-order valence-electron chi connectivity index (χ0n) is 10.6. The van der Waals surface area contributed by atoms with Gasteiger partial charge in [0.15, 0.2) is 0 Å². The van der Waals surface area contributed by atoms with E-state index in [2.05, 4.69) is 44.0 Å². The van der Waals surface area contributed by atoms with Gasteiger partial charge < -0.3 is 14.8 Å². The first-order valence-electron chi connectivity index (χ1n) is 6.40. The number of piperazine rings is 1. The molecule has 2 heterocycles. The molecule has 2 aromatic rings. The van der Waals surface area contributed by atoms with Crippen LogP contribution in [0, 0.1) is 6.92 Å². The second-order valence-corrected chi connectivity index (χ2v) is 4.68. The summed E-state index contributed by atoms with van der Waals surface area (Å²) < 4.78 is 2.05. The van der Waals surface area contributed by atoms with E-state index in [1.807, 2.05) is 19.4 Å². The second-order valence-electron chi connectivity index (χ2n) is 4.68. The Balaban J connectivity index is 1.80. The van der Waals surface area contributed by atoms with Gasteiger partial charge in [-0.25, -0.2) is 4.98 Å². The molecule has 0 amide bonds. The maximum atomic E-state index is 4.25. The third-order valence-electron chi connectivity index (χ3n) is 3.34. The van der Waals surface area contributed by atoms with Gasteiger partial charge in [-0.1, -0.05) is 0 Å². The van der Waals surface area contributed by atoms with Crippen LogP contribution in [0.25, 0.3) is 5.69 Å². The van der Waals surface area contributed by atoms with Crippen LogP contribution in [0.15, 0.2) is 36.8 Å². The quantitative estimate of drug-likeness (QED) is 0.868. The molecule has 1 N–H and O–H groups in total. The molecule has 1 aromatic heterocycles. The highest BCUT2D eigenvalue weighted by molar-refractivity contribution is 5.51. The molecule has 4 nitrogen and oxygen atoms in total. The predicted molar refractivity (Wildman–Crippen MR) is 73.4 cm³/mol. The Hall–Kier alpha value is -1.81. The molecule has 0 spiro atoms. The largest absolute Gasteiger partial charge is 0.369 e. The Labute approximate surface area is 107 Å². The van der Waals surface area contributed by atoms with Gasteiger partial charge in [-0.2, -0.15) is 0 Å². The average molecular weight is 242 g/mol. The Morgan fingerprint density at radius 2 is 1.72 bits per heavy atom. The first-order valence-corrected chi connectivity index (χ1v) is 6.40. The molecule has 1 fully saturated rings. The first-order chi connectivity index (χ1) is 8.83. The Morgan fingerprint density at radius 3 is 2.33 bits per heavy atom. The van der Waals surface area contributed by atoms with Gasteiger partial charge in [-0.15, -0.1) is 0 Å². The number of benzene rings is 1. The third-order valence-corrected chi connectivity index (χ3v) is 3.34. The van der Waals surface area contributed by atoms with Crippen LogP contribution in [-0.4, -0.2) is 35.7 Å². The van der Waals surface area contributed by atoms with Crippen LogP contribution in [0.1, 0.15) is 5.69 Å². The van der Waals surface area contributed by atoms with Crippen LogP contribution in [0.4, 0.5) is 5.69 Å². The van der Waals surface area contributed by atoms with Crippen molar-refractivity contribution in [3.8, 4) is 5.69 Å². The fourth-order valence-corrected chi connectivity index (χ4v) is 2.32. The van der Waals surface area contributed by atoms with E-state index in [-0.39, 0.29) is 0 Å². The fourth-order valence-electron chi connectivity index (χ4n) is 2.32. The average Bonchev–Trinajstić information content (AvgIpc) is 2.87. The molecular formula is C14H18N4. The molecule has 1 saturated heterocycles. The van der Waals surface area contributed by atoms with E-state index in [1.165, 1.54) is 5.69 Å². The summed E-state index contributed by atoms with van der Waals surface area (Å²) in [6.45, 7) is 6.32. The van der Waals surface area contributed by atoms with Crippen molar-refractivity contribution in [3.63, 3.8) is 0 Å². The van der Waals surface area contributed by atoms with Crippen LogP contribution >= 0.6 is 0 Å². The number of aryl methyl sites for hydroxylation is 1. The van der Waals surface area contributed by atoms with Crippen molar-refractivity contribution in [1.29, 1.82) is 0 Å². The first kappa shape index (κ1) is 11.3. The summed E-state index contributed by atoms with van der Waals surface area (Å²) in [5, 5.41) is 3.37. The Bertz CT molecular complexity index is 509. The van der Waals surface area contributed by atoms with Gasteiger partial charge in [-0.3, -0.25) is 0 Å². The van der Waals surface area contributed by atoms with E-state index < -0.39 is 0 Å². The normalized spacial score (nSPS) is 15.9. The van der Waals surface area contributed by atoms with Crippen molar-refractivity contribution in [3.05, 3.63) is 42.5 Å². The zero-order valence-corrected chi connectivity index (χ0v) is 10.6. The van der Waals surface area contributed by atoms with Crippen molar-refractivity contribution in [2.24, 2.45) is 0 Å². The number of hydrogen-bond acceptors (Lipinski definition) is 3. The predicted octanol–water partition coefficient (Wildman–Crippen LogP) is 1.59. The van der Waals surface area contributed by atoms with Crippen LogP contribution in [-0.2, 0) is 0 Å². The number of nitrogens with one attached hydrogen (secondary N) is 1. The van der Waals surface area contributed by atoms with Crippen LogP contribution < -0.4 is 10.2 Å².